The Kier molecular flexibility index (Phi) is 8.36. The maximum atomic E-state index is 14.1. The number of hydrogen-bond acceptors (Lipinski definition) is 9. The number of imidazole rings is 1. The van der Waals surface area contributed by atoms with Crippen LogP contribution in [0.15, 0.2) is 45.5 Å². The number of carbonyl (C=O) groups is 4. The predicted molar refractivity (Wildman–Crippen MR) is 167 cm³/mol. The van der Waals surface area contributed by atoms with Crippen molar-refractivity contribution in [2.45, 2.75) is 70.5 Å². The van der Waals surface area contributed by atoms with E-state index in [2.05, 4.69) is 16.3 Å². The molecule has 0 spiro atoms. The summed E-state index contributed by atoms with van der Waals surface area (Å²) in [7, 11) is 1.52. The van der Waals surface area contributed by atoms with E-state index in [4.69, 9.17) is 10.7 Å². The lowest BCUT2D eigenvalue weighted by Gasteiger charge is -2.32. The lowest BCUT2D eigenvalue weighted by Crippen LogP contribution is -2.44. The van der Waals surface area contributed by atoms with Gasteiger partial charge < -0.3 is 20.5 Å². The van der Waals surface area contributed by atoms with E-state index in [-0.39, 0.29) is 41.3 Å². The van der Waals surface area contributed by atoms with Crippen molar-refractivity contribution < 1.29 is 19.2 Å². The van der Waals surface area contributed by atoms with Crippen molar-refractivity contribution in [1.29, 1.82) is 0 Å². The smallest absolute Gasteiger partial charge is 0.332 e. The number of ketones is 3. The van der Waals surface area contributed by atoms with Gasteiger partial charge in [0.05, 0.1) is 12.2 Å². The number of piperidine rings is 1. The Morgan fingerprint density at radius 1 is 1.00 bits per heavy atom. The summed E-state index contributed by atoms with van der Waals surface area (Å²) in [6.07, 6.45) is 7.52. The van der Waals surface area contributed by atoms with Crippen LogP contribution in [-0.2, 0) is 34.5 Å². The van der Waals surface area contributed by atoms with Crippen LogP contribution in [-0.4, -0.2) is 61.1 Å². The number of nitrogens with one attached hydrogen (secondary N) is 1. The molecule has 13 nitrogen and oxygen atoms in total. The van der Waals surface area contributed by atoms with Crippen LogP contribution in [0.5, 0.6) is 0 Å². The summed E-state index contributed by atoms with van der Waals surface area (Å²) in [4.78, 5) is 85.8. The van der Waals surface area contributed by atoms with Crippen LogP contribution >= 0.6 is 0 Å². The molecule has 6 rings (SSSR count). The van der Waals surface area contributed by atoms with Gasteiger partial charge in [-0.3, -0.25) is 33.1 Å². The van der Waals surface area contributed by atoms with Gasteiger partial charge in [-0.2, -0.15) is 4.98 Å². The number of para-hydroxylation sites is 1. The Balaban J connectivity index is 1.37. The third kappa shape index (κ3) is 5.79. The number of carbonyl (C=O) groups excluding carboxylic acids is 4. The molecular formula is C32H37N7O6. The number of nitrogens with two attached hydrogens (primary N) is 1. The molecule has 1 aromatic carbocycles. The zero-order valence-corrected chi connectivity index (χ0v) is 25.3. The molecular weight excluding hydrogens is 578 g/mol. The zero-order valence-electron chi connectivity index (χ0n) is 25.3. The summed E-state index contributed by atoms with van der Waals surface area (Å²) in [6, 6.07) is 6.09. The van der Waals surface area contributed by atoms with Gasteiger partial charge in [-0.1, -0.05) is 23.8 Å². The largest absolute Gasteiger partial charge is 0.341 e. The first-order valence-corrected chi connectivity index (χ1v) is 15.5. The molecule has 3 aliphatic rings. The molecule has 236 valence electrons. The van der Waals surface area contributed by atoms with Gasteiger partial charge in [0.25, 0.3) is 5.56 Å². The van der Waals surface area contributed by atoms with Gasteiger partial charge in [0.2, 0.25) is 11.9 Å². The number of aryl methyl sites for hydroxylation is 1. The van der Waals surface area contributed by atoms with Gasteiger partial charge >= 0.3 is 5.69 Å². The number of Topliss-reactive ketones (excluding diaryl/α,β-unsaturated/α-hetero) is 3. The molecule has 1 unspecified atom stereocenters. The topological polar surface area (TPSA) is 171 Å². The number of benzene rings is 1. The second kappa shape index (κ2) is 12.4. The molecule has 2 aliphatic carbocycles. The van der Waals surface area contributed by atoms with Crippen LogP contribution in [0.1, 0.15) is 61.7 Å². The molecule has 45 heavy (non-hydrogen) atoms. The first kappa shape index (κ1) is 30.4. The van der Waals surface area contributed by atoms with Crippen molar-refractivity contribution in [1.82, 2.24) is 18.7 Å². The molecule has 1 amide bonds. The minimum absolute atomic E-state index is 0.0364. The molecule has 1 saturated heterocycles. The van der Waals surface area contributed by atoms with Crippen molar-refractivity contribution in [2.75, 3.05) is 23.3 Å². The number of fused-ring (bicyclic) bond motifs is 1. The highest BCUT2D eigenvalue weighted by atomic mass is 16.2. The Bertz CT molecular complexity index is 1850. The Hall–Kier alpha value is -4.65. The van der Waals surface area contributed by atoms with Gasteiger partial charge in [0, 0.05) is 51.1 Å². The summed E-state index contributed by atoms with van der Waals surface area (Å²) in [5, 5.41) is 2.56. The Morgan fingerprint density at radius 2 is 1.76 bits per heavy atom. The molecule has 0 radical (unpaired) electrons. The van der Waals surface area contributed by atoms with E-state index < -0.39 is 47.0 Å². The minimum Gasteiger partial charge on any atom is -0.341 e. The Morgan fingerprint density at radius 3 is 2.47 bits per heavy atom. The summed E-state index contributed by atoms with van der Waals surface area (Å²) in [5.41, 5.74) is 6.70. The van der Waals surface area contributed by atoms with Crippen molar-refractivity contribution in [3.05, 3.63) is 62.3 Å². The van der Waals surface area contributed by atoms with Gasteiger partial charge in [-0.05, 0) is 50.7 Å². The fourth-order valence-corrected chi connectivity index (χ4v) is 6.63. The van der Waals surface area contributed by atoms with Crippen LogP contribution in [0.2, 0.25) is 0 Å². The van der Waals surface area contributed by atoms with Crippen molar-refractivity contribution in [3.8, 4) is 0 Å². The highest BCUT2D eigenvalue weighted by Crippen LogP contribution is 2.27. The molecule has 1 saturated carbocycles. The SMILES string of the molecule is Cn1c(=O)n(CC(=O)c2ccccc2NC(=O)C2C(=O)CCCC2=O)c(=O)c2c1nc(N1CCCC(N)C1)n2CC1=CCCC1. The maximum absolute atomic E-state index is 14.1. The maximum Gasteiger partial charge on any atom is 0.332 e. The quantitative estimate of drug-likeness (QED) is 0.217. The average Bonchev–Trinajstić information content (AvgIpc) is 3.67. The number of anilines is 2. The molecule has 3 heterocycles. The average molecular weight is 616 g/mol. The molecule has 1 aliphatic heterocycles. The highest BCUT2D eigenvalue weighted by Gasteiger charge is 2.36. The van der Waals surface area contributed by atoms with E-state index in [1.807, 2.05) is 4.57 Å². The van der Waals surface area contributed by atoms with Crippen molar-refractivity contribution in [2.24, 2.45) is 18.7 Å². The first-order valence-electron chi connectivity index (χ1n) is 15.5. The van der Waals surface area contributed by atoms with Crippen molar-refractivity contribution in [3.63, 3.8) is 0 Å². The van der Waals surface area contributed by atoms with Gasteiger partial charge in [0.15, 0.2) is 34.4 Å². The van der Waals surface area contributed by atoms with Crippen molar-refractivity contribution >= 4 is 46.1 Å². The highest BCUT2D eigenvalue weighted by molar-refractivity contribution is 6.23. The normalized spacial score (nSPS) is 19.3. The van der Waals surface area contributed by atoms with Gasteiger partial charge in [-0.25, -0.2) is 4.79 Å². The van der Waals surface area contributed by atoms with E-state index in [0.29, 0.717) is 25.5 Å². The summed E-state index contributed by atoms with van der Waals surface area (Å²) in [5.74, 6) is -3.15. The van der Waals surface area contributed by atoms with Crippen LogP contribution < -0.4 is 27.2 Å². The van der Waals surface area contributed by atoms with Crippen LogP contribution in [0, 0.1) is 5.92 Å². The fourth-order valence-electron chi connectivity index (χ4n) is 6.63. The predicted octanol–water partition coefficient (Wildman–Crippen LogP) is 1.69. The lowest BCUT2D eigenvalue weighted by molar-refractivity contribution is -0.140. The van der Waals surface area contributed by atoms with E-state index in [9.17, 15) is 28.8 Å². The number of hydrogen-bond donors (Lipinski definition) is 2. The molecule has 1 atom stereocenters. The molecule has 0 bridgehead atoms. The number of amides is 1. The summed E-state index contributed by atoms with van der Waals surface area (Å²) in [6.45, 7) is 1.14. The fraction of sp³-hybridized carbons (Fsp3) is 0.469. The van der Waals surface area contributed by atoms with Gasteiger partial charge in [0.1, 0.15) is 0 Å². The number of aromatic nitrogens is 4. The lowest BCUT2D eigenvalue weighted by atomic mass is 9.86. The monoisotopic (exact) mass is 615 g/mol. The minimum atomic E-state index is -1.42. The number of allylic oxidation sites excluding steroid dienone is 2. The standard InChI is InChI=1S/C32H37N7O6/c1-36-28-27(38(16-19-8-2-3-9-19)31(35-28)37-15-7-10-20(33)17-37)30(44)39(32(36)45)18-25(42)21-11-4-5-12-22(21)34-29(43)26-23(40)13-6-14-24(26)41/h4-5,8,11-12,20,26H,2-3,6-7,9-10,13-18,33H2,1H3,(H,34,43). The summed E-state index contributed by atoms with van der Waals surface area (Å²) >= 11 is 0. The summed E-state index contributed by atoms with van der Waals surface area (Å²) < 4.78 is 4.02. The molecule has 13 heteroatoms. The zero-order chi connectivity index (χ0) is 31.8. The molecule has 3 N–H and O–H groups in total. The third-order valence-corrected chi connectivity index (χ3v) is 8.99. The van der Waals surface area contributed by atoms with Crippen LogP contribution in [0.4, 0.5) is 11.6 Å². The van der Waals surface area contributed by atoms with E-state index >= 15 is 0 Å². The van der Waals surface area contributed by atoms with Crippen LogP contribution in [0.25, 0.3) is 11.2 Å². The molecule has 2 aromatic heterocycles. The molecule has 3 aromatic rings. The van der Waals surface area contributed by atoms with E-state index in [1.54, 1.807) is 12.1 Å². The van der Waals surface area contributed by atoms with Crippen LogP contribution in [0.3, 0.4) is 0 Å². The Labute approximate surface area is 258 Å². The third-order valence-electron chi connectivity index (χ3n) is 8.99. The number of nitrogens with zero attached hydrogens (tertiary/aromatic N) is 5. The second-order valence-electron chi connectivity index (χ2n) is 12.2. The number of rotatable bonds is 8. The molecule has 2 fully saturated rings. The first-order chi connectivity index (χ1) is 21.6. The van der Waals surface area contributed by atoms with E-state index in [1.165, 1.54) is 29.3 Å². The second-order valence-corrected chi connectivity index (χ2v) is 12.2. The van der Waals surface area contributed by atoms with Gasteiger partial charge in [-0.15, -0.1) is 0 Å². The van der Waals surface area contributed by atoms with E-state index in [0.717, 1.165) is 43.2 Å².